The summed E-state index contributed by atoms with van der Waals surface area (Å²) in [5.41, 5.74) is -0.467. The van der Waals surface area contributed by atoms with Gasteiger partial charge in [0.15, 0.2) is 6.10 Å². The number of alkyl halides is 2. The second-order valence-electron chi connectivity index (χ2n) is 4.36. The predicted molar refractivity (Wildman–Crippen MR) is 43.2 cm³/mol. The average molecular weight is 206 g/mol. The zero-order valence-corrected chi connectivity index (χ0v) is 7.63. The molecule has 1 aliphatic carbocycles. The van der Waals surface area contributed by atoms with Gasteiger partial charge in [-0.2, -0.15) is 0 Å². The van der Waals surface area contributed by atoms with Crippen molar-refractivity contribution in [2.24, 2.45) is 5.41 Å². The average Bonchev–Trinajstić information content (AvgIpc) is 2.00. The summed E-state index contributed by atoms with van der Waals surface area (Å²) in [6.45, 7) is 0.285. The molecule has 0 aromatic carbocycles. The normalized spacial score (nSPS) is 33.7. The highest BCUT2D eigenvalue weighted by molar-refractivity contribution is 5.72. The molecule has 2 rings (SSSR count). The fraction of sp³-hybridized carbons (Fsp3) is 0.889. The van der Waals surface area contributed by atoms with Gasteiger partial charge >= 0.3 is 5.97 Å². The number of ether oxygens (including phenoxy) is 1. The van der Waals surface area contributed by atoms with Gasteiger partial charge in [-0.1, -0.05) is 0 Å². The van der Waals surface area contributed by atoms with Crippen molar-refractivity contribution in [1.29, 1.82) is 0 Å². The molecule has 2 aliphatic rings. The Morgan fingerprint density at radius 3 is 2.57 bits per heavy atom. The highest BCUT2D eigenvalue weighted by Gasteiger charge is 2.58. The van der Waals surface area contributed by atoms with E-state index in [0.29, 0.717) is 6.42 Å². The van der Waals surface area contributed by atoms with Crippen LogP contribution in [-0.4, -0.2) is 29.7 Å². The molecule has 0 radical (unpaired) electrons. The summed E-state index contributed by atoms with van der Waals surface area (Å²) in [7, 11) is 0. The van der Waals surface area contributed by atoms with Crippen molar-refractivity contribution < 1.29 is 23.4 Å². The first kappa shape index (κ1) is 9.83. The van der Waals surface area contributed by atoms with E-state index >= 15 is 0 Å². The van der Waals surface area contributed by atoms with Crippen molar-refractivity contribution in [3.05, 3.63) is 0 Å². The van der Waals surface area contributed by atoms with E-state index in [1.807, 2.05) is 0 Å². The van der Waals surface area contributed by atoms with Crippen molar-refractivity contribution in [1.82, 2.24) is 0 Å². The van der Waals surface area contributed by atoms with E-state index in [0.717, 1.165) is 0 Å². The summed E-state index contributed by atoms with van der Waals surface area (Å²) in [6, 6.07) is 0. The number of carboxylic acid groups (broad SMARTS) is 1. The van der Waals surface area contributed by atoms with E-state index in [2.05, 4.69) is 0 Å². The molecule has 1 aliphatic heterocycles. The highest BCUT2D eigenvalue weighted by Crippen LogP contribution is 2.57. The van der Waals surface area contributed by atoms with Crippen LogP contribution in [0.2, 0.25) is 0 Å². The Bertz CT molecular complexity index is 257. The van der Waals surface area contributed by atoms with Crippen molar-refractivity contribution in [2.45, 2.75) is 37.7 Å². The molecule has 1 unspecified atom stereocenters. The Labute approximate surface area is 80.0 Å². The van der Waals surface area contributed by atoms with E-state index in [4.69, 9.17) is 9.84 Å². The minimum absolute atomic E-state index is 0.173. The number of hydrogen-bond acceptors (Lipinski definition) is 2. The molecule has 0 bridgehead atoms. The molecular weight excluding hydrogens is 194 g/mol. The molecule has 1 saturated heterocycles. The third kappa shape index (κ3) is 1.61. The molecular formula is C9H12F2O3. The summed E-state index contributed by atoms with van der Waals surface area (Å²) in [4.78, 5) is 10.6. The van der Waals surface area contributed by atoms with Gasteiger partial charge in [0.25, 0.3) is 0 Å². The Morgan fingerprint density at radius 1 is 1.43 bits per heavy atom. The Kier molecular flexibility index (Phi) is 2.03. The topological polar surface area (TPSA) is 46.5 Å². The summed E-state index contributed by atoms with van der Waals surface area (Å²) >= 11 is 0. The fourth-order valence-electron chi connectivity index (χ4n) is 2.50. The molecule has 1 saturated carbocycles. The van der Waals surface area contributed by atoms with Crippen LogP contribution in [0.25, 0.3) is 0 Å². The Hall–Kier alpha value is -0.710. The van der Waals surface area contributed by atoms with E-state index < -0.39 is 23.4 Å². The predicted octanol–water partition coefficient (Wildman–Crippen LogP) is 1.67. The van der Waals surface area contributed by atoms with Gasteiger partial charge in [0.1, 0.15) is 0 Å². The number of carboxylic acids is 1. The van der Waals surface area contributed by atoms with Crippen LogP contribution >= 0.6 is 0 Å². The molecule has 1 N–H and O–H groups in total. The quantitative estimate of drug-likeness (QED) is 0.709. The maximum absolute atomic E-state index is 12.7. The van der Waals surface area contributed by atoms with E-state index in [-0.39, 0.29) is 25.9 Å². The lowest BCUT2D eigenvalue weighted by molar-refractivity contribution is -0.208. The second kappa shape index (κ2) is 2.89. The van der Waals surface area contributed by atoms with Crippen LogP contribution in [0.5, 0.6) is 0 Å². The zero-order valence-electron chi connectivity index (χ0n) is 7.63. The number of carbonyl (C=O) groups is 1. The van der Waals surface area contributed by atoms with Crippen LogP contribution in [0.1, 0.15) is 25.7 Å². The van der Waals surface area contributed by atoms with Gasteiger partial charge < -0.3 is 9.84 Å². The number of hydrogen-bond donors (Lipinski definition) is 1. The molecule has 0 aromatic rings. The molecule has 0 aromatic heterocycles. The molecule has 0 amide bonds. The van der Waals surface area contributed by atoms with Gasteiger partial charge in [-0.05, 0) is 18.3 Å². The minimum Gasteiger partial charge on any atom is -0.479 e. The van der Waals surface area contributed by atoms with Crippen LogP contribution in [0.4, 0.5) is 8.78 Å². The largest absolute Gasteiger partial charge is 0.479 e. The van der Waals surface area contributed by atoms with Gasteiger partial charge in [-0.25, -0.2) is 13.6 Å². The summed E-state index contributed by atoms with van der Waals surface area (Å²) in [5, 5.41) is 8.71. The van der Waals surface area contributed by atoms with Gasteiger partial charge in [0, 0.05) is 19.4 Å². The SMILES string of the molecule is O=C(O)C1CC2(CCO1)CC(F)(F)C2. The molecule has 1 spiro atoms. The summed E-state index contributed by atoms with van der Waals surface area (Å²) in [6.07, 6.45) is -0.440. The van der Waals surface area contributed by atoms with E-state index in [9.17, 15) is 13.6 Å². The monoisotopic (exact) mass is 206 g/mol. The van der Waals surface area contributed by atoms with Gasteiger partial charge in [-0.3, -0.25) is 0 Å². The van der Waals surface area contributed by atoms with E-state index in [1.165, 1.54) is 0 Å². The van der Waals surface area contributed by atoms with Crippen molar-refractivity contribution in [2.75, 3.05) is 6.61 Å². The maximum Gasteiger partial charge on any atom is 0.332 e. The number of halogens is 2. The molecule has 80 valence electrons. The van der Waals surface area contributed by atoms with Crippen molar-refractivity contribution in [3.63, 3.8) is 0 Å². The molecule has 1 heterocycles. The third-order valence-corrected chi connectivity index (χ3v) is 3.11. The van der Waals surface area contributed by atoms with Gasteiger partial charge in [0.2, 0.25) is 5.92 Å². The summed E-state index contributed by atoms with van der Waals surface area (Å²) < 4.78 is 30.4. The van der Waals surface area contributed by atoms with Crippen LogP contribution in [0.3, 0.4) is 0 Å². The minimum atomic E-state index is -2.58. The molecule has 5 heteroatoms. The Balaban J connectivity index is 1.99. The van der Waals surface area contributed by atoms with Crippen LogP contribution in [0, 0.1) is 5.41 Å². The lowest BCUT2D eigenvalue weighted by Crippen LogP contribution is -2.52. The lowest BCUT2D eigenvalue weighted by Gasteiger charge is -2.50. The molecule has 3 nitrogen and oxygen atoms in total. The van der Waals surface area contributed by atoms with Crippen LogP contribution in [-0.2, 0) is 9.53 Å². The fourth-order valence-corrected chi connectivity index (χ4v) is 2.50. The highest BCUT2D eigenvalue weighted by atomic mass is 19.3. The first-order valence-corrected chi connectivity index (χ1v) is 4.65. The second-order valence-corrected chi connectivity index (χ2v) is 4.36. The van der Waals surface area contributed by atoms with Crippen molar-refractivity contribution >= 4 is 5.97 Å². The smallest absolute Gasteiger partial charge is 0.332 e. The number of aliphatic carboxylic acids is 1. The third-order valence-electron chi connectivity index (χ3n) is 3.11. The lowest BCUT2D eigenvalue weighted by atomic mass is 9.60. The summed E-state index contributed by atoms with van der Waals surface area (Å²) in [5.74, 6) is -3.63. The molecule has 1 atom stereocenters. The molecule has 2 fully saturated rings. The Morgan fingerprint density at radius 2 is 2.07 bits per heavy atom. The molecule has 14 heavy (non-hydrogen) atoms. The van der Waals surface area contributed by atoms with Crippen LogP contribution in [0.15, 0.2) is 0 Å². The van der Waals surface area contributed by atoms with Gasteiger partial charge in [-0.15, -0.1) is 0 Å². The first-order valence-electron chi connectivity index (χ1n) is 4.65. The number of rotatable bonds is 1. The van der Waals surface area contributed by atoms with Gasteiger partial charge in [0.05, 0.1) is 0 Å². The van der Waals surface area contributed by atoms with Crippen molar-refractivity contribution in [3.8, 4) is 0 Å². The zero-order chi connectivity index (χ0) is 10.4. The maximum atomic E-state index is 12.7. The first-order chi connectivity index (χ1) is 6.43. The van der Waals surface area contributed by atoms with Crippen LogP contribution < -0.4 is 0 Å². The standard InChI is InChI=1S/C9H12F2O3/c10-9(11)4-8(5-9)1-2-14-6(3-8)7(12)13/h6H,1-5H2,(H,12,13). The van der Waals surface area contributed by atoms with E-state index in [1.54, 1.807) is 0 Å².